The molecule has 114 valence electrons. The molecule has 1 aromatic carbocycles. The van der Waals surface area contributed by atoms with Gasteiger partial charge in [-0.15, -0.1) is 16.8 Å². The Balaban J connectivity index is 1.73. The number of rotatable bonds is 8. The molecule has 0 unspecified atom stereocenters. The van der Waals surface area contributed by atoms with Crippen LogP contribution in [0.5, 0.6) is 0 Å². The van der Waals surface area contributed by atoms with Crippen LogP contribution in [0, 0.1) is 0 Å². The van der Waals surface area contributed by atoms with Crippen LogP contribution < -0.4 is 10.6 Å². The van der Waals surface area contributed by atoms with Gasteiger partial charge < -0.3 is 10.6 Å². The van der Waals surface area contributed by atoms with Crippen LogP contribution in [0.25, 0.3) is 0 Å². The maximum absolute atomic E-state index is 11.9. The highest BCUT2D eigenvalue weighted by atomic mass is 16.1. The van der Waals surface area contributed by atoms with Crippen LogP contribution in [-0.2, 0) is 6.42 Å². The molecule has 2 rings (SSSR count). The average Bonchev–Trinajstić information content (AvgIpc) is 2.58. The zero-order valence-corrected chi connectivity index (χ0v) is 12.5. The van der Waals surface area contributed by atoms with Crippen LogP contribution in [0.15, 0.2) is 55.1 Å². The van der Waals surface area contributed by atoms with Crippen LogP contribution in [0.1, 0.15) is 22.5 Å². The molecule has 22 heavy (non-hydrogen) atoms. The fourth-order valence-corrected chi connectivity index (χ4v) is 1.95. The number of hydrogen-bond donors (Lipinski definition) is 2. The Morgan fingerprint density at radius 1 is 1.14 bits per heavy atom. The summed E-state index contributed by atoms with van der Waals surface area (Å²) in [6.07, 6.45) is 3.56. The summed E-state index contributed by atoms with van der Waals surface area (Å²) in [7, 11) is 0. The molecule has 0 saturated heterocycles. The minimum absolute atomic E-state index is 0.198. The fraction of sp³-hybridized carbons (Fsp3) is 0.235. The molecule has 5 heteroatoms. The van der Waals surface area contributed by atoms with Crippen LogP contribution in [-0.4, -0.2) is 29.2 Å². The molecule has 0 aliphatic heterocycles. The van der Waals surface area contributed by atoms with E-state index in [0.717, 1.165) is 12.8 Å². The second-order valence-electron chi connectivity index (χ2n) is 4.82. The van der Waals surface area contributed by atoms with Gasteiger partial charge in [0, 0.05) is 13.1 Å². The number of benzene rings is 1. The van der Waals surface area contributed by atoms with Crippen molar-refractivity contribution in [3.63, 3.8) is 0 Å². The standard InChI is InChI=1S/C17H20N4O/c1-2-12-18-16-11-10-15(20-21-16)17(22)19-13-6-9-14-7-4-3-5-8-14/h2-5,7-8,10-11H,1,6,9,12-13H2,(H,18,21)(H,19,22). The predicted molar refractivity (Wildman–Crippen MR) is 87.8 cm³/mol. The lowest BCUT2D eigenvalue weighted by Crippen LogP contribution is -2.26. The van der Waals surface area contributed by atoms with Gasteiger partial charge in [-0.05, 0) is 30.5 Å². The number of hydrogen-bond acceptors (Lipinski definition) is 4. The molecule has 0 spiro atoms. The van der Waals surface area contributed by atoms with Gasteiger partial charge in [-0.1, -0.05) is 36.4 Å². The number of nitrogens with zero attached hydrogens (tertiary/aromatic N) is 2. The number of carbonyl (C=O) groups excluding carboxylic acids is 1. The first-order chi connectivity index (χ1) is 10.8. The van der Waals surface area contributed by atoms with Crippen molar-refractivity contribution >= 4 is 11.7 Å². The van der Waals surface area contributed by atoms with Crippen molar-refractivity contribution in [2.75, 3.05) is 18.4 Å². The van der Waals surface area contributed by atoms with Gasteiger partial charge in [0.1, 0.15) is 5.82 Å². The first kappa shape index (κ1) is 15.7. The molecule has 0 radical (unpaired) electrons. The highest BCUT2D eigenvalue weighted by molar-refractivity contribution is 5.92. The third-order valence-electron chi connectivity index (χ3n) is 3.10. The lowest BCUT2D eigenvalue weighted by molar-refractivity contribution is 0.0947. The minimum Gasteiger partial charge on any atom is -0.365 e. The van der Waals surface area contributed by atoms with E-state index in [1.54, 1.807) is 18.2 Å². The van der Waals surface area contributed by atoms with Gasteiger partial charge in [-0.2, -0.15) is 0 Å². The summed E-state index contributed by atoms with van der Waals surface area (Å²) in [5.41, 5.74) is 1.60. The highest BCUT2D eigenvalue weighted by Gasteiger charge is 2.07. The first-order valence-electron chi connectivity index (χ1n) is 7.30. The Morgan fingerprint density at radius 3 is 2.64 bits per heavy atom. The lowest BCUT2D eigenvalue weighted by Gasteiger charge is -2.05. The molecule has 1 aromatic heterocycles. The largest absolute Gasteiger partial charge is 0.365 e. The third-order valence-corrected chi connectivity index (χ3v) is 3.10. The van der Waals surface area contributed by atoms with Crippen molar-refractivity contribution < 1.29 is 4.79 Å². The molecular weight excluding hydrogens is 276 g/mol. The lowest BCUT2D eigenvalue weighted by atomic mass is 10.1. The normalized spacial score (nSPS) is 10.0. The zero-order chi connectivity index (χ0) is 15.6. The van der Waals surface area contributed by atoms with Gasteiger partial charge in [0.15, 0.2) is 5.69 Å². The van der Waals surface area contributed by atoms with Crippen molar-refractivity contribution in [2.45, 2.75) is 12.8 Å². The van der Waals surface area contributed by atoms with Gasteiger partial charge in [0.2, 0.25) is 0 Å². The summed E-state index contributed by atoms with van der Waals surface area (Å²) >= 11 is 0. The van der Waals surface area contributed by atoms with Crippen LogP contribution in [0.2, 0.25) is 0 Å². The number of aromatic nitrogens is 2. The fourth-order valence-electron chi connectivity index (χ4n) is 1.95. The topological polar surface area (TPSA) is 66.9 Å². The Labute approximate surface area is 130 Å². The summed E-state index contributed by atoms with van der Waals surface area (Å²) in [5, 5.41) is 13.7. The molecule has 0 bridgehead atoms. The Bertz CT molecular complexity index is 596. The second kappa shape index (κ2) is 8.56. The highest BCUT2D eigenvalue weighted by Crippen LogP contribution is 2.03. The molecule has 2 aromatic rings. The molecule has 0 aliphatic rings. The van der Waals surface area contributed by atoms with Crippen molar-refractivity contribution in [2.24, 2.45) is 0 Å². The number of carbonyl (C=O) groups is 1. The average molecular weight is 296 g/mol. The summed E-state index contributed by atoms with van der Waals surface area (Å²) < 4.78 is 0. The molecule has 0 aliphatic carbocycles. The van der Waals surface area contributed by atoms with E-state index in [9.17, 15) is 4.79 Å². The van der Waals surface area contributed by atoms with E-state index in [2.05, 4.69) is 39.5 Å². The summed E-state index contributed by atoms with van der Waals surface area (Å²) in [5.74, 6) is 0.427. The van der Waals surface area contributed by atoms with Crippen molar-refractivity contribution in [1.82, 2.24) is 15.5 Å². The van der Waals surface area contributed by atoms with Crippen molar-refractivity contribution in [3.05, 3.63) is 66.4 Å². The summed E-state index contributed by atoms with van der Waals surface area (Å²) in [6.45, 7) is 4.84. The molecule has 0 fully saturated rings. The van der Waals surface area contributed by atoms with E-state index >= 15 is 0 Å². The number of amides is 1. The van der Waals surface area contributed by atoms with Crippen molar-refractivity contribution in [3.8, 4) is 0 Å². The zero-order valence-electron chi connectivity index (χ0n) is 12.5. The van der Waals surface area contributed by atoms with E-state index in [1.807, 2.05) is 18.2 Å². The van der Waals surface area contributed by atoms with E-state index in [-0.39, 0.29) is 5.91 Å². The monoisotopic (exact) mass is 296 g/mol. The molecular formula is C17H20N4O. The van der Waals surface area contributed by atoms with Crippen LogP contribution in [0.3, 0.4) is 0 Å². The van der Waals surface area contributed by atoms with Gasteiger partial charge in [-0.3, -0.25) is 4.79 Å². The molecule has 0 saturated carbocycles. The molecule has 1 amide bonds. The van der Waals surface area contributed by atoms with E-state index < -0.39 is 0 Å². The Kier molecular flexibility index (Phi) is 6.11. The van der Waals surface area contributed by atoms with Gasteiger partial charge in [-0.25, -0.2) is 0 Å². The minimum atomic E-state index is -0.198. The number of nitrogens with one attached hydrogen (secondary N) is 2. The number of aryl methyl sites for hydroxylation is 1. The second-order valence-corrected chi connectivity index (χ2v) is 4.82. The maximum atomic E-state index is 11.9. The maximum Gasteiger partial charge on any atom is 0.271 e. The van der Waals surface area contributed by atoms with Gasteiger partial charge >= 0.3 is 0 Å². The molecule has 0 atom stereocenters. The Morgan fingerprint density at radius 2 is 1.95 bits per heavy atom. The Hall–Kier alpha value is -2.69. The molecule has 2 N–H and O–H groups in total. The van der Waals surface area contributed by atoms with E-state index in [0.29, 0.717) is 24.6 Å². The van der Waals surface area contributed by atoms with E-state index in [1.165, 1.54) is 5.56 Å². The third kappa shape index (κ3) is 5.01. The van der Waals surface area contributed by atoms with Gasteiger partial charge in [0.05, 0.1) is 0 Å². The summed E-state index contributed by atoms with van der Waals surface area (Å²) in [4.78, 5) is 11.9. The van der Waals surface area contributed by atoms with Gasteiger partial charge in [0.25, 0.3) is 5.91 Å². The quantitative estimate of drug-likeness (QED) is 0.580. The smallest absolute Gasteiger partial charge is 0.271 e. The predicted octanol–water partition coefficient (Wildman–Crippen LogP) is 2.44. The molecule has 1 heterocycles. The SMILES string of the molecule is C=CCNc1ccc(C(=O)NCCCc2ccccc2)nn1. The van der Waals surface area contributed by atoms with Crippen LogP contribution >= 0.6 is 0 Å². The first-order valence-corrected chi connectivity index (χ1v) is 7.30. The number of anilines is 1. The molecule has 5 nitrogen and oxygen atoms in total. The van der Waals surface area contributed by atoms with Crippen LogP contribution in [0.4, 0.5) is 5.82 Å². The van der Waals surface area contributed by atoms with E-state index in [4.69, 9.17) is 0 Å². The van der Waals surface area contributed by atoms with Crippen molar-refractivity contribution in [1.29, 1.82) is 0 Å². The summed E-state index contributed by atoms with van der Waals surface area (Å²) in [6, 6.07) is 13.6.